The van der Waals surface area contributed by atoms with E-state index in [2.05, 4.69) is 17.2 Å². The lowest BCUT2D eigenvalue weighted by molar-refractivity contribution is 0.0529. The molecule has 1 rings (SSSR count). The van der Waals surface area contributed by atoms with E-state index in [4.69, 9.17) is 9.47 Å². The van der Waals surface area contributed by atoms with Gasteiger partial charge in [0.15, 0.2) is 6.29 Å². The van der Waals surface area contributed by atoms with E-state index in [1.54, 1.807) is 39.0 Å². The number of aldehydes is 1. The van der Waals surface area contributed by atoms with Crippen molar-refractivity contribution in [1.29, 1.82) is 0 Å². The summed E-state index contributed by atoms with van der Waals surface area (Å²) in [5.74, 6) is 6.39. The molecule has 0 aromatic heterocycles. The van der Waals surface area contributed by atoms with Gasteiger partial charge in [0.05, 0.1) is 12.7 Å². The molecular formula is C17H21NO4. The molecule has 0 heterocycles. The third kappa shape index (κ3) is 6.31. The van der Waals surface area contributed by atoms with Crippen LogP contribution < -0.4 is 10.1 Å². The number of alkyl carbamates (subject to hydrolysis) is 1. The average Bonchev–Trinajstić information content (AvgIpc) is 2.44. The lowest BCUT2D eigenvalue weighted by Crippen LogP contribution is -2.32. The zero-order valence-electron chi connectivity index (χ0n) is 13.4. The minimum absolute atomic E-state index is 0.401. The van der Waals surface area contributed by atoms with E-state index in [9.17, 15) is 9.59 Å². The zero-order chi connectivity index (χ0) is 16.6. The summed E-state index contributed by atoms with van der Waals surface area (Å²) in [6.45, 7) is 5.82. The lowest BCUT2D eigenvalue weighted by Gasteiger charge is -2.19. The van der Waals surface area contributed by atoms with Gasteiger partial charge in [-0.3, -0.25) is 4.79 Å². The molecule has 0 saturated heterocycles. The maximum atomic E-state index is 11.4. The normalized spacial score (nSPS) is 10.2. The third-order valence-corrected chi connectivity index (χ3v) is 2.51. The van der Waals surface area contributed by atoms with Crippen molar-refractivity contribution in [2.75, 3.05) is 13.7 Å². The van der Waals surface area contributed by atoms with Crippen molar-refractivity contribution in [2.45, 2.75) is 32.8 Å². The molecule has 5 heteroatoms. The molecular weight excluding hydrogens is 282 g/mol. The first-order valence-corrected chi connectivity index (χ1v) is 6.94. The smallest absolute Gasteiger partial charge is 0.407 e. The van der Waals surface area contributed by atoms with Crippen LogP contribution in [0.2, 0.25) is 0 Å². The van der Waals surface area contributed by atoms with Gasteiger partial charge in [0, 0.05) is 18.5 Å². The fourth-order valence-electron chi connectivity index (χ4n) is 1.61. The highest BCUT2D eigenvalue weighted by Crippen LogP contribution is 2.17. The van der Waals surface area contributed by atoms with Crippen LogP contribution in [0.3, 0.4) is 0 Å². The van der Waals surface area contributed by atoms with Crippen LogP contribution in [0, 0.1) is 11.8 Å². The van der Waals surface area contributed by atoms with Gasteiger partial charge in [0.2, 0.25) is 0 Å². The quantitative estimate of drug-likeness (QED) is 0.528. The number of benzene rings is 1. The van der Waals surface area contributed by atoms with Crippen molar-refractivity contribution in [2.24, 2.45) is 0 Å². The summed E-state index contributed by atoms with van der Waals surface area (Å²) in [4.78, 5) is 22.3. The van der Waals surface area contributed by atoms with Gasteiger partial charge in [-0.2, -0.15) is 0 Å². The van der Waals surface area contributed by atoms with Crippen molar-refractivity contribution in [1.82, 2.24) is 5.32 Å². The summed E-state index contributed by atoms with van der Waals surface area (Å²) in [6, 6.07) is 5.15. The molecule has 0 spiro atoms. The van der Waals surface area contributed by atoms with Gasteiger partial charge < -0.3 is 14.8 Å². The molecule has 1 amide bonds. The Morgan fingerprint density at radius 2 is 2.09 bits per heavy atom. The van der Waals surface area contributed by atoms with Crippen molar-refractivity contribution < 1.29 is 19.1 Å². The van der Waals surface area contributed by atoms with Crippen molar-refractivity contribution in [3.63, 3.8) is 0 Å². The van der Waals surface area contributed by atoms with E-state index in [0.29, 0.717) is 24.3 Å². The Morgan fingerprint density at radius 3 is 2.68 bits per heavy atom. The molecule has 0 unspecified atom stereocenters. The van der Waals surface area contributed by atoms with E-state index in [1.165, 1.54) is 7.11 Å². The van der Waals surface area contributed by atoms with Gasteiger partial charge in [0.25, 0.3) is 0 Å². The highest BCUT2D eigenvalue weighted by Gasteiger charge is 2.15. The van der Waals surface area contributed by atoms with Gasteiger partial charge in [-0.05, 0) is 39.0 Å². The van der Waals surface area contributed by atoms with Crippen molar-refractivity contribution >= 4 is 12.4 Å². The van der Waals surface area contributed by atoms with Crippen LogP contribution in [0.1, 0.15) is 43.1 Å². The average molecular weight is 303 g/mol. The minimum atomic E-state index is -0.510. The van der Waals surface area contributed by atoms with Gasteiger partial charge >= 0.3 is 6.09 Å². The number of hydrogen-bond acceptors (Lipinski definition) is 4. The highest BCUT2D eigenvalue weighted by atomic mass is 16.6. The molecule has 118 valence electrons. The first kappa shape index (κ1) is 17.6. The summed E-state index contributed by atoms with van der Waals surface area (Å²) in [6.07, 6.45) is 0.762. The number of hydrogen-bond donors (Lipinski definition) is 1. The summed E-state index contributed by atoms with van der Waals surface area (Å²) in [5, 5.41) is 2.63. The van der Waals surface area contributed by atoms with E-state index in [0.717, 1.165) is 11.8 Å². The summed E-state index contributed by atoms with van der Waals surface area (Å²) < 4.78 is 10.2. The molecule has 0 aliphatic heterocycles. The third-order valence-electron chi connectivity index (χ3n) is 2.51. The van der Waals surface area contributed by atoms with E-state index in [-0.39, 0.29) is 0 Å². The number of amides is 1. The Balaban J connectivity index is 2.48. The van der Waals surface area contributed by atoms with Gasteiger partial charge in [-0.15, -0.1) is 0 Å². The first-order valence-electron chi connectivity index (χ1n) is 6.94. The Labute approximate surface area is 131 Å². The van der Waals surface area contributed by atoms with Crippen LogP contribution in [-0.2, 0) is 4.74 Å². The molecule has 0 atom stereocenters. The Hall–Kier alpha value is -2.48. The predicted octanol–water partition coefficient (Wildman–Crippen LogP) is 2.77. The second-order valence-corrected chi connectivity index (χ2v) is 5.56. The Kier molecular flexibility index (Phi) is 6.46. The fourth-order valence-corrected chi connectivity index (χ4v) is 1.61. The molecule has 22 heavy (non-hydrogen) atoms. The van der Waals surface area contributed by atoms with Crippen LogP contribution >= 0.6 is 0 Å². The molecule has 0 aliphatic rings. The topological polar surface area (TPSA) is 64.6 Å². The van der Waals surface area contributed by atoms with E-state index < -0.39 is 11.7 Å². The highest BCUT2D eigenvalue weighted by molar-refractivity contribution is 5.80. The molecule has 0 radical (unpaired) electrons. The van der Waals surface area contributed by atoms with Gasteiger partial charge in [-0.1, -0.05) is 11.8 Å². The molecule has 0 saturated carbocycles. The standard InChI is InChI=1S/C17H21NO4/c1-17(2,3)22-16(20)18-10-6-5-7-13-8-9-15(21-4)14(11-13)12-19/h8-9,11-12H,6,10H2,1-4H3,(H,18,20). The molecule has 1 aromatic carbocycles. The number of carbonyl (C=O) groups is 2. The predicted molar refractivity (Wildman–Crippen MR) is 84.1 cm³/mol. The maximum Gasteiger partial charge on any atom is 0.407 e. The number of ether oxygens (including phenoxy) is 2. The molecule has 1 aromatic rings. The molecule has 0 bridgehead atoms. The second-order valence-electron chi connectivity index (χ2n) is 5.56. The van der Waals surface area contributed by atoms with E-state index in [1.807, 2.05) is 0 Å². The van der Waals surface area contributed by atoms with E-state index >= 15 is 0 Å². The number of nitrogens with one attached hydrogen (secondary N) is 1. The molecule has 5 nitrogen and oxygen atoms in total. The Bertz CT molecular complexity index is 591. The van der Waals surface area contributed by atoms with Crippen LogP contribution in [0.15, 0.2) is 18.2 Å². The van der Waals surface area contributed by atoms with Crippen LogP contribution in [0.5, 0.6) is 5.75 Å². The molecule has 1 N–H and O–H groups in total. The van der Waals surface area contributed by atoms with Gasteiger partial charge in [0.1, 0.15) is 11.4 Å². The monoisotopic (exact) mass is 303 g/mol. The zero-order valence-corrected chi connectivity index (χ0v) is 13.4. The SMILES string of the molecule is COc1ccc(C#CCCNC(=O)OC(C)(C)C)cc1C=O. The number of carbonyl (C=O) groups excluding carboxylic acids is 2. The van der Waals surface area contributed by atoms with Gasteiger partial charge in [-0.25, -0.2) is 4.79 Å². The second kappa shape index (κ2) is 8.08. The maximum absolute atomic E-state index is 11.4. The number of methoxy groups -OCH3 is 1. The van der Waals surface area contributed by atoms with Crippen LogP contribution in [0.25, 0.3) is 0 Å². The van der Waals surface area contributed by atoms with Crippen molar-refractivity contribution in [3.8, 4) is 17.6 Å². The first-order chi connectivity index (χ1) is 10.4. The van der Waals surface area contributed by atoms with Crippen molar-refractivity contribution in [3.05, 3.63) is 29.3 Å². The largest absolute Gasteiger partial charge is 0.496 e. The summed E-state index contributed by atoms with van der Waals surface area (Å²) in [7, 11) is 1.51. The lowest BCUT2D eigenvalue weighted by atomic mass is 10.1. The Morgan fingerprint density at radius 1 is 1.36 bits per heavy atom. The van der Waals surface area contributed by atoms with Crippen LogP contribution in [0.4, 0.5) is 4.79 Å². The molecule has 0 fully saturated rings. The van der Waals surface area contributed by atoms with Crippen LogP contribution in [-0.4, -0.2) is 31.6 Å². The molecule has 0 aliphatic carbocycles. The number of rotatable bonds is 4. The summed E-state index contributed by atoms with van der Waals surface area (Å²) in [5.41, 5.74) is 0.672. The fraction of sp³-hybridized carbons (Fsp3) is 0.412. The summed E-state index contributed by atoms with van der Waals surface area (Å²) >= 11 is 0. The minimum Gasteiger partial charge on any atom is -0.496 e.